The third kappa shape index (κ3) is 5.57. The second-order valence-electron chi connectivity index (χ2n) is 8.53. The van der Waals surface area contributed by atoms with Gasteiger partial charge in [-0.25, -0.2) is 0 Å². The highest BCUT2D eigenvalue weighted by Gasteiger charge is 2.38. The van der Waals surface area contributed by atoms with Crippen LogP contribution in [0, 0.1) is 6.92 Å². The molecule has 0 aliphatic heterocycles. The summed E-state index contributed by atoms with van der Waals surface area (Å²) in [5.74, 6) is -1.16. The summed E-state index contributed by atoms with van der Waals surface area (Å²) in [6.07, 6.45) is -3.81. The molecule has 2 aromatic carbocycles. The van der Waals surface area contributed by atoms with Crippen LogP contribution in [-0.2, 0) is 25.7 Å². The van der Waals surface area contributed by atoms with Gasteiger partial charge in [-0.15, -0.1) is 15.3 Å². The van der Waals surface area contributed by atoms with Gasteiger partial charge in [0, 0.05) is 21.8 Å². The minimum absolute atomic E-state index is 0.0137. The average molecular weight is 571 g/mol. The van der Waals surface area contributed by atoms with Crippen LogP contribution in [0.3, 0.4) is 0 Å². The monoisotopic (exact) mass is 570 g/mol. The highest BCUT2D eigenvalue weighted by molar-refractivity contribution is 9.10. The lowest BCUT2D eigenvalue weighted by Crippen LogP contribution is -2.18. The van der Waals surface area contributed by atoms with Crippen molar-refractivity contribution in [1.29, 1.82) is 0 Å². The number of nitrogens with one attached hydrogen (secondary N) is 1. The maximum Gasteiger partial charge on any atom is 0.453 e. The van der Waals surface area contributed by atoms with Gasteiger partial charge in [0.2, 0.25) is 5.88 Å². The van der Waals surface area contributed by atoms with Gasteiger partial charge in [0.25, 0.3) is 5.82 Å². The summed E-state index contributed by atoms with van der Waals surface area (Å²) < 4.78 is 47.9. The molecule has 5 aromatic rings. The predicted octanol–water partition coefficient (Wildman–Crippen LogP) is 5.67. The van der Waals surface area contributed by atoms with E-state index in [1.165, 1.54) is 11.1 Å². The van der Waals surface area contributed by atoms with Crippen molar-refractivity contribution in [2.24, 2.45) is 0 Å². The lowest BCUT2D eigenvalue weighted by molar-refractivity contribution is -0.146. The van der Waals surface area contributed by atoms with E-state index < -0.39 is 12.0 Å². The van der Waals surface area contributed by atoms with Gasteiger partial charge in [0.05, 0.1) is 11.4 Å². The van der Waals surface area contributed by atoms with Crippen molar-refractivity contribution in [2.45, 2.75) is 32.7 Å². The summed E-state index contributed by atoms with van der Waals surface area (Å²) in [6.45, 7) is 3.47. The first-order chi connectivity index (χ1) is 17.8. The molecular weight excluding hydrogens is 549 g/mol. The molecule has 0 bridgehead atoms. The third-order valence-electron chi connectivity index (χ3n) is 5.82. The molecule has 5 rings (SSSR count). The van der Waals surface area contributed by atoms with Gasteiger partial charge in [0.15, 0.2) is 5.65 Å². The second-order valence-corrected chi connectivity index (χ2v) is 9.38. The molecule has 0 radical (unpaired) electrons. The van der Waals surface area contributed by atoms with Crippen molar-refractivity contribution in [3.05, 3.63) is 93.5 Å². The topological polar surface area (TPSA) is 77.2 Å². The third-order valence-corrected chi connectivity index (χ3v) is 6.71. The molecule has 3 heterocycles. The molecule has 11 heteroatoms. The summed E-state index contributed by atoms with van der Waals surface area (Å²) in [6, 6.07) is 18.8. The fraction of sp³-hybridized carbons (Fsp3) is 0.231. The van der Waals surface area contributed by atoms with Crippen LogP contribution in [0.5, 0.6) is 5.88 Å². The van der Waals surface area contributed by atoms with E-state index >= 15 is 0 Å². The van der Waals surface area contributed by atoms with Crippen molar-refractivity contribution >= 4 is 32.3 Å². The first-order valence-electron chi connectivity index (χ1n) is 11.5. The van der Waals surface area contributed by atoms with Gasteiger partial charge in [-0.05, 0) is 55.3 Å². The molecule has 0 spiro atoms. The van der Waals surface area contributed by atoms with Crippen molar-refractivity contribution in [3.8, 4) is 5.88 Å². The van der Waals surface area contributed by atoms with Crippen LogP contribution in [0.2, 0.25) is 0 Å². The van der Waals surface area contributed by atoms with Crippen molar-refractivity contribution in [1.82, 2.24) is 30.1 Å². The quantitative estimate of drug-likeness (QED) is 0.242. The van der Waals surface area contributed by atoms with E-state index in [0.29, 0.717) is 27.5 Å². The van der Waals surface area contributed by atoms with E-state index in [-0.39, 0.29) is 18.1 Å². The smallest absolute Gasteiger partial charge is 0.453 e. The van der Waals surface area contributed by atoms with Gasteiger partial charge in [0.1, 0.15) is 6.61 Å². The van der Waals surface area contributed by atoms with E-state index in [9.17, 15) is 13.2 Å². The summed E-state index contributed by atoms with van der Waals surface area (Å²) in [5.41, 5.74) is 3.93. The molecule has 0 fully saturated rings. The Kier molecular flexibility index (Phi) is 7.07. The molecule has 0 aliphatic carbocycles. The Morgan fingerprint density at radius 3 is 2.54 bits per heavy atom. The van der Waals surface area contributed by atoms with Crippen molar-refractivity contribution in [2.75, 3.05) is 6.54 Å². The van der Waals surface area contributed by atoms with Crippen LogP contribution in [0.25, 0.3) is 16.4 Å². The number of halogens is 4. The van der Waals surface area contributed by atoms with Crippen LogP contribution in [0.1, 0.15) is 28.3 Å². The normalized spacial score (nSPS) is 11.9. The van der Waals surface area contributed by atoms with E-state index in [0.717, 1.165) is 23.1 Å². The van der Waals surface area contributed by atoms with E-state index in [4.69, 9.17) is 4.74 Å². The summed E-state index contributed by atoms with van der Waals surface area (Å²) in [4.78, 5) is 4.61. The Balaban J connectivity index is 1.28. The number of rotatable bonds is 8. The van der Waals surface area contributed by atoms with Crippen LogP contribution >= 0.6 is 15.9 Å². The number of aryl methyl sites for hydroxylation is 1. The fourth-order valence-corrected chi connectivity index (χ4v) is 4.24. The van der Waals surface area contributed by atoms with Gasteiger partial charge < -0.3 is 10.1 Å². The Hall–Kier alpha value is -3.57. The number of hydrogen-bond donors (Lipinski definition) is 1. The number of benzene rings is 2. The summed E-state index contributed by atoms with van der Waals surface area (Å²) in [5, 5.41) is 15.5. The van der Waals surface area contributed by atoms with E-state index in [1.807, 2.05) is 12.1 Å². The molecule has 0 amide bonds. The van der Waals surface area contributed by atoms with Crippen LogP contribution in [0.15, 0.2) is 65.1 Å². The van der Waals surface area contributed by atoms with Crippen LogP contribution in [0.4, 0.5) is 13.2 Å². The minimum Gasteiger partial charge on any atom is -0.470 e. The largest absolute Gasteiger partial charge is 0.470 e. The SMILES string of the molecule is Cc1cc(CCNCc2cccc(COc3nn4c(C(F)(F)F)nnc4c4ccccc34)n2)ccc1Br. The zero-order valence-corrected chi connectivity index (χ0v) is 21.3. The average Bonchev–Trinajstić information content (AvgIpc) is 3.32. The molecular formula is C26H22BrF3N6O. The van der Waals surface area contributed by atoms with Gasteiger partial charge in [-0.1, -0.05) is 52.3 Å². The molecule has 190 valence electrons. The lowest BCUT2D eigenvalue weighted by atomic mass is 10.1. The minimum atomic E-state index is -4.70. The Morgan fingerprint density at radius 1 is 0.973 bits per heavy atom. The number of aromatic nitrogens is 5. The lowest BCUT2D eigenvalue weighted by Gasteiger charge is -2.11. The molecule has 0 aliphatic rings. The molecule has 1 N–H and O–H groups in total. The number of hydrogen-bond acceptors (Lipinski definition) is 6. The number of ether oxygens (including phenoxy) is 1. The fourth-order valence-electron chi connectivity index (χ4n) is 4.00. The first-order valence-corrected chi connectivity index (χ1v) is 12.3. The van der Waals surface area contributed by atoms with Gasteiger partial charge in [-0.3, -0.25) is 4.98 Å². The zero-order chi connectivity index (χ0) is 26.0. The second kappa shape index (κ2) is 10.4. The van der Waals surface area contributed by atoms with Crippen molar-refractivity contribution < 1.29 is 17.9 Å². The number of pyridine rings is 1. The first kappa shape index (κ1) is 25.1. The Bertz CT molecular complexity index is 1570. The molecule has 0 saturated heterocycles. The molecule has 7 nitrogen and oxygen atoms in total. The number of alkyl halides is 3. The summed E-state index contributed by atoms with van der Waals surface area (Å²) in [7, 11) is 0. The Morgan fingerprint density at radius 2 is 1.76 bits per heavy atom. The highest BCUT2D eigenvalue weighted by Crippen LogP contribution is 2.32. The summed E-state index contributed by atoms with van der Waals surface area (Å²) >= 11 is 3.52. The highest BCUT2D eigenvalue weighted by atomic mass is 79.9. The molecule has 0 atom stereocenters. The molecule has 0 saturated carbocycles. The number of nitrogens with zero attached hydrogens (tertiary/aromatic N) is 5. The van der Waals surface area contributed by atoms with Gasteiger partial charge in [-0.2, -0.15) is 17.7 Å². The maximum atomic E-state index is 13.4. The molecule has 0 unspecified atom stereocenters. The zero-order valence-electron chi connectivity index (χ0n) is 19.8. The standard InChI is InChI=1S/C26H22BrF3N6O/c1-16-13-17(9-10-22(16)27)11-12-31-14-18-5-4-6-19(32-18)15-37-24-21-8-3-2-7-20(21)23-33-34-25(26(28,29)30)36(23)35-24/h2-10,13,31H,11-12,14-15H2,1H3. The van der Waals surface area contributed by atoms with E-state index in [1.54, 1.807) is 30.3 Å². The molecule has 37 heavy (non-hydrogen) atoms. The Labute approximate surface area is 218 Å². The maximum absolute atomic E-state index is 13.4. The van der Waals surface area contributed by atoms with E-state index in [2.05, 4.69) is 66.6 Å². The number of fused-ring (bicyclic) bond motifs is 3. The van der Waals surface area contributed by atoms with Crippen molar-refractivity contribution in [3.63, 3.8) is 0 Å². The van der Waals surface area contributed by atoms with Crippen LogP contribution in [-0.4, -0.2) is 31.3 Å². The van der Waals surface area contributed by atoms with Gasteiger partial charge >= 0.3 is 6.18 Å². The molecule has 3 aromatic heterocycles. The predicted molar refractivity (Wildman–Crippen MR) is 136 cm³/mol. The van der Waals surface area contributed by atoms with Crippen LogP contribution < -0.4 is 10.1 Å².